The minimum absolute atomic E-state index is 0.0443. The molecule has 3 aromatic rings. The number of carbonyl (C=O) groups is 2. The number of rotatable bonds is 6. The first-order valence-corrected chi connectivity index (χ1v) is 9.96. The number of amides is 1. The lowest BCUT2D eigenvalue weighted by molar-refractivity contribution is 0.0695. The van der Waals surface area contributed by atoms with Crippen LogP contribution in [0.1, 0.15) is 58.3 Å². The number of carboxylic acids is 1. The quantitative estimate of drug-likeness (QED) is 0.645. The Morgan fingerprint density at radius 2 is 1.97 bits per heavy atom. The van der Waals surface area contributed by atoms with Crippen molar-refractivity contribution in [2.45, 2.75) is 38.3 Å². The average Bonchev–Trinajstić information content (AvgIpc) is 3.38. The molecule has 9 nitrogen and oxygen atoms in total. The van der Waals surface area contributed by atoms with Gasteiger partial charge in [-0.05, 0) is 31.0 Å². The summed E-state index contributed by atoms with van der Waals surface area (Å²) in [6.07, 6.45) is 7.41. The second-order valence-corrected chi connectivity index (χ2v) is 7.71. The van der Waals surface area contributed by atoms with Gasteiger partial charge < -0.3 is 19.9 Å². The van der Waals surface area contributed by atoms with E-state index in [0.717, 1.165) is 36.7 Å². The normalized spacial score (nSPS) is 14.2. The largest absolute Gasteiger partial charge is 0.478 e. The van der Waals surface area contributed by atoms with Crippen molar-refractivity contribution in [1.29, 1.82) is 0 Å². The average molecular weight is 408 g/mol. The maximum absolute atomic E-state index is 12.8. The molecule has 0 bridgehead atoms. The molecular weight excluding hydrogens is 384 g/mol. The number of nitrogens with one attached hydrogen (secondary N) is 1. The summed E-state index contributed by atoms with van der Waals surface area (Å²) in [7, 11) is 3.50. The highest BCUT2D eigenvalue weighted by Gasteiger charge is 2.26. The second kappa shape index (κ2) is 8.10. The van der Waals surface area contributed by atoms with Crippen molar-refractivity contribution in [3.63, 3.8) is 0 Å². The lowest BCUT2D eigenvalue weighted by Crippen LogP contribution is -2.25. The maximum atomic E-state index is 12.8. The molecule has 1 aliphatic carbocycles. The summed E-state index contributed by atoms with van der Waals surface area (Å²) >= 11 is 0. The number of aromatic carboxylic acids is 1. The summed E-state index contributed by atoms with van der Waals surface area (Å²) in [6, 6.07) is 5.30. The van der Waals surface area contributed by atoms with E-state index in [0.29, 0.717) is 23.9 Å². The third kappa shape index (κ3) is 3.83. The number of nitrogens with zero attached hydrogens (tertiary/aromatic N) is 5. The van der Waals surface area contributed by atoms with Gasteiger partial charge in [0.25, 0.3) is 5.91 Å². The van der Waals surface area contributed by atoms with Gasteiger partial charge in [-0.2, -0.15) is 4.98 Å². The molecule has 0 atom stereocenters. The predicted molar refractivity (Wildman–Crippen MR) is 112 cm³/mol. The van der Waals surface area contributed by atoms with Crippen molar-refractivity contribution in [2.24, 2.45) is 0 Å². The molecule has 2 N–H and O–H groups in total. The number of aromatic nitrogens is 4. The highest BCUT2D eigenvalue weighted by molar-refractivity contribution is 5.97. The molecule has 3 heterocycles. The smallest absolute Gasteiger partial charge is 0.337 e. The molecule has 1 fully saturated rings. The van der Waals surface area contributed by atoms with Gasteiger partial charge in [-0.1, -0.05) is 12.8 Å². The van der Waals surface area contributed by atoms with Crippen LogP contribution in [0.2, 0.25) is 0 Å². The third-order valence-electron chi connectivity index (χ3n) is 5.39. The van der Waals surface area contributed by atoms with Gasteiger partial charge in [-0.25, -0.2) is 9.78 Å². The standard InChI is InChI=1S/C21H24N6O3/c1-26(2)19(28)17-9-14-11-23-21(25-18(14)27(17)16-5-3-4-6-16)24-12-15-8-7-13(10-22-15)20(29)30/h7-11,16H,3-6,12H2,1-2H3,(H,29,30)(H,23,24,25). The monoisotopic (exact) mass is 408 g/mol. The first kappa shape index (κ1) is 19.8. The highest BCUT2D eigenvalue weighted by atomic mass is 16.4. The van der Waals surface area contributed by atoms with Crippen LogP contribution in [-0.2, 0) is 6.54 Å². The van der Waals surface area contributed by atoms with Crippen LogP contribution in [0.3, 0.4) is 0 Å². The Bertz CT molecular complexity index is 1080. The fraction of sp³-hybridized carbons (Fsp3) is 0.381. The number of pyridine rings is 1. The van der Waals surface area contributed by atoms with Crippen LogP contribution in [-0.4, -0.2) is 55.5 Å². The Kier molecular flexibility index (Phi) is 5.35. The second-order valence-electron chi connectivity index (χ2n) is 7.71. The topological polar surface area (TPSA) is 113 Å². The molecule has 0 unspecified atom stereocenters. The van der Waals surface area contributed by atoms with Gasteiger partial charge in [0.2, 0.25) is 5.95 Å². The molecule has 1 saturated carbocycles. The summed E-state index contributed by atoms with van der Waals surface area (Å²) in [6.45, 7) is 0.360. The number of hydrogen-bond donors (Lipinski definition) is 2. The van der Waals surface area contributed by atoms with Crippen molar-refractivity contribution in [3.8, 4) is 0 Å². The van der Waals surface area contributed by atoms with Crippen LogP contribution in [0, 0.1) is 0 Å². The fourth-order valence-electron chi connectivity index (χ4n) is 3.84. The number of hydrogen-bond acceptors (Lipinski definition) is 6. The summed E-state index contributed by atoms with van der Waals surface area (Å²) in [5, 5.41) is 12.9. The molecule has 30 heavy (non-hydrogen) atoms. The van der Waals surface area contributed by atoms with Crippen molar-refractivity contribution in [2.75, 3.05) is 19.4 Å². The van der Waals surface area contributed by atoms with Gasteiger partial charge >= 0.3 is 5.97 Å². The van der Waals surface area contributed by atoms with E-state index in [4.69, 9.17) is 10.1 Å². The third-order valence-corrected chi connectivity index (χ3v) is 5.39. The molecule has 0 aromatic carbocycles. The summed E-state index contributed by atoms with van der Waals surface area (Å²) in [5.74, 6) is -0.614. The molecule has 1 amide bonds. The van der Waals surface area contributed by atoms with Gasteiger partial charge in [-0.15, -0.1) is 0 Å². The lowest BCUT2D eigenvalue weighted by atomic mass is 10.2. The molecule has 4 rings (SSSR count). The van der Waals surface area contributed by atoms with E-state index in [1.807, 2.05) is 6.07 Å². The SMILES string of the molecule is CN(C)C(=O)c1cc2cnc(NCc3ccc(C(=O)O)cn3)nc2n1C1CCCC1. The molecule has 0 aliphatic heterocycles. The molecule has 0 spiro atoms. The molecule has 1 aliphatic rings. The van der Waals surface area contributed by atoms with Gasteiger partial charge in [0.15, 0.2) is 0 Å². The Labute approximate surface area is 173 Å². The van der Waals surface area contributed by atoms with Crippen LogP contribution in [0.4, 0.5) is 5.95 Å². The van der Waals surface area contributed by atoms with Gasteiger partial charge in [0.1, 0.15) is 11.3 Å². The molecule has 0 radical (unpaired) electrons. The van der Waals surface area contributed by atoms with Crippen LogP contribution < -0.4 is 5.32 Å². The van der Waals surface area contributed by atoms with Gasteiger partial charge in [-0.3, -0.25) is 9.78 Å². The van der Waals surface area contributed by atoms with E-state index >= 15 is 0 Å². The van der Waals surface area contributed by atoms with Crippen LogP contribution in [0.5, 0.6) is 0 Å². The van der Waals surface area contributed by atoms with E-state index < -0.39 is 5.97 Å². The minimum Gasteiger partial charge on any atom is -0.478 e. The zero-order chi connectivity index (χ0) is 21.3. The Morgan fingerprint density at radius 3 is 2.60 bits per heavy atom. The van der Waals surface area contributed by atoms with Gasteiger partial charge in [0.05, 0.1) is 17.8 Å². The van der Waals surface area contributed by atoms with Crippen molar-refractivity contribution in [1.82, 2.24) is 24.4 Å². The fourth-order valence-corrected chi connectivity index (χ4v) is 3.84. The van der Waals surface area contributed by atoms with Crippen molar-refractivity contribution < 1.29 is 14.7 Å². The Morgan fingerprint density at radius 1 is 1.20 bits per heavy atom. The van der Waals surface area contributed by atoms with Crippen LogP contribution >= 0.6 is 0 Å². The van der Waals surface area contributed by atoms with Crippen molar-refractivity contribution >= 4 is 28.9 Å². The first-order chi connectivity index (χ1) is 14.4. The first-order valence-electron chi connectivity index (χ1n) is 9.96. The van der Waals surface area contributed by atoms with E-state index in [2.05, 4.69) is 19.9 Å². The van der Waals surface area contributed by atoms with E-state index in [1.165, 1.54) is 12.3 Å². The summed E-state index contributed by atoms with van der Waals surface area (Å²) in [5.41, 5.74) is 2.21. The van der Waals surface area contributed by atoms with E-state index in [9.17, 15) is 9.59 Å². The molecule has 156 valence electrons. The lowest BCUT2D eigenvalue weighted by Gasteiger charge is -2.19. The predicted octanol–water partition coefficient (Wildman–Crippen LogP) is 2.95. The summed E-state index contributed by atoms with van der Waals surface area (Å²) < 4.78 is 2.07. The van der Waals surface area contributed by atoms with Crippen LogP contribution in [0.25, 0.3) is 11.0 Å². The maximum Gasteiger partial charge on any atom is 0.337 e. The van der Waals surface area contributed by atoms with Gasteiger partial charge in [0, 0.05) is 37.9 Å². The zero-order valence-electron chi connectivity index (χ0n) is 17.0. The number of carboxylic acid groups (broad SMARTS) is 1. The van der Waals surface area contributed by atoms with Crippen LogP contribution in [0.15, 0.2) is 30.6 Å². The molecule has 9 heteroatoms. The molecule has 3 aromatic heterocycles. The van der Waals surface area contributed by atoms with E-state index in [1.54, 1.807) is 31.3 Å². The number of anilines is 1. The number of carbonyl (C=O) groups excluding carboxylic acids is 1. The van der Waals surface area contributed by atoms with Crippen molar-refractivity contribution in [3.05, 3.63) is 47.5 Å². The molecule has 0 saturated heterocycles. The Hall–Kier alpha value is -3.49. The molecular formula is C21H24N6O3. The van der Waals surface area contributed by atoms with E-state index in [-0.39, 0.29) is 17.5 Å². The number of fused-ring (bicyclic) bond motifs is 1. The summed E-state index contributed by atoms with van der Waals surface area (Å²) in [4.78, 5) is 38.5. The minimum atomic E-state index is -1.01. The zero-order valence-corrected chi connectivity index (χ0v) is 17.0. The Balaban J connectivity index is 1.63. The highest BCUT2D eigenvalue weighted by Crippen LogP contribution is 2.34.